The number of likely N-dealkylation sites (tertiary alicyclic amines) is 1. The first-order valence-electron chi connectivity index (χ1n) is 12.8. The van der Waals surface area contributed by atoms with Crippen LogP contribution in [0.4, 0.5) is 0 Å². The number of nitrogens with zero attached hydrogens (tertiary/aromatic N) is 4. The highest BCUT2D eigenvalue weighted by Gasteiger charge is 2.46. The molecule has 208 valence electrons. The molecule has 1 aromatic carbocycles. The molecule has 2 amide bonds. The van der Waals surface area contributed by atoms with Gasteiger partial charge in [-0.15, -0.1) is 5.10 Å². The number of rotatable bonds is 8. The van der Waals surface area contributed by atoms with E-state index in [-0.39, 0.29) is 30.3 Å². The predicted octanol–water partition coefficient (Wildman–Crippen LogP) is 2.84. The summed E-state index contributed by atoms with van der Waals surface area (Å²) in [7, 11) is -3.77. The van der Waals surface area contributed by atoms with E-state index in [4.69, 9.17) is 0 Å². The summed E-state index contributed by atoms with van der Waals surface area (Å²) in [6, 6.07) is 4.68. The smallest absolute Gasteiger partial charge is 0.248 e. The van der Waals surface area contributed by atoms with Crippen LogP contribution in [0, 0.1) is 5.41 Å². The van der Waals surface area contributed by atoms with Gasteiger partial charge in [0, 0.05) is 36.1 Å². The molecule has 38 heavy (non-hydrogen) atoms. The lowest BCUT2D eigenvalue weighted by Gasteiger charge is -2.35. The monoisotopic (exact) mass is 609 g/mol. The Kier molecular flexibility index (Phi) is 7.81. The maximum absolute atomic E-state index is 13.9. The summed E-state index contributed by atoms with van der Waals surface area (Å²) in [6.07, 6.45) is 3.12. The highest BCUT2D eigenvalue weighted by molar-refractivity contribution is 9.10. The zero-order valence-electron chi connectivity index (χ0n) is 22.4. The van der Waals surface area contributed by atoms with Gasteiger partial charge in [-0.1, -0.05) is 41.9 Å². The molecule has 0 bridgehead atoms. The minimum absolute atomic E-state index is 0.00820. The van der Waals surface area contributed by atoms with Crippen molar-refractivity contribution in [3.63, 3.8) is 0 Å². The first kappa shape index (κ1) is 28.7. The molecule has 1 aliphatic carbocycles. The number of carbonyl (C=O) groups is 2. The van der Waals surface area contributed by atoms with Crippen molar-refractivity contribution >= 4 is 37.6 Å². The highest BCUT2D eigenvalue weighted by Crippen LogP contribution is 2.40. The molecule has 0 spiro atoms. The molecule has 2 fully saturated rings. The number of benzene rings is 1. The van der Waals surface area contributed by atoms with Crippen LogP contribution in [-0.4, -0.2) is 75.2 Å². The zero-order valence-corrected chi connectivity index (χ0v) is 24.8. The third-order valence-electron chi connectivity index (χ3n) is 7.25. The first-order valence-corrected chi connectivity index (χ1v) is 15.1. The van der Waals surface area contributed by atoms with E-state index in [0.29, 0.717) is 5.92 Å². The molecule has 2 aliphatic rings. The lowest BCUT2D eigenvalue weighted by Crippen LogP contribution is -2.53. The maximum atomic E-state index is 13.9. The van der Waals surface area contributed by atoms with E-state index >= 15 is 0 Å². The minimum atomic E-state index is -3.77. The van der Waals surface area contributed by atoms with Crippen molar-refractivity contribution in [2.45, 2.75) is 87.6 Å². The van der Waals surface area contributed by atoms with E-state index in [9.17, 15) is 23.1 Å². The second-order valence-corrected chi connectivity index (χ2v) is 15.5. The second-order valence-electron chi connectivity index (χ2n) is 12.0. The number of carbonyl (C=O) groups excluding carboxylic acids is 2. The van der Waals surface area contributed by atoms with Gasteiger partial charge < -0.3 is 15.3 Å². The molecular weight excluding hydrogens is 574 g/mol. The van der Waals surface area contributed by atoms with Gasteiger partial charge >= 0.3 is 0 Å². The molecule has 2 N–H and O–H groups in total. The Morgan fingerprint density at radius 1 is 1.16 bits per heavy atom. The fourth-order valence-electron chi connectivity index (χ4n) is 4.77. The van der Waals surface area contributed by atoms with Crippen LogP contribution in [0.5, 0.6) is 0 Å². The normalized spacial score (nSPS) is 21.4. The van der Waals surface area contributed by atoms with Gasteiger partial charge in [-0.3, -0.25) is 9.59 Å². The Hall–Kier alpha value is -2.31. The Balaban J connectivity index is 1.51. The van der Waals surface area contributed by atoms with E-state index in [2.05, 4.69) is 31.6 Å². The van der Waals surface area contributed by atoms with Gasteiger partial charge in [0.25, 0.3) is 0 Å². The van der Waals surface area contributed by atoms with Gasteiger partial charge in [-0.2, -0.15) is 0 Å². The minimum Gasteiger partial charge on any atom is -0.391 e. The van der Waals surface area contributed by atoms with Crippen molar-refractivity contribution in [1.82, 2.24) is 25.2 Å². The molecule has 2 unspecified atom stereocenters. The van der Waals surface area contributed by atoms with Crippen molar-refractivity contribution in [3.8, 4) is 0 Å². The van der Waals surface area contributed by atoms with Crippen molar-refractivity contribution in [2.24, 2.45) is 5.41 Å². The molecule has 1 aromatic heterocycles. The quantitative estimate of drug-likeness (QED) is 0.470. The molecule has 0 radical (unpaired) electrons. The van der Waals surface area contributed by atoms with Crippen molar-refractivity contribution in [2.75, 3.05) is 13.1 Å². The van der Waals surface area contributed by atoms with Crippen LogP contribution in [-0.2, 0) is 19.4 Å². The Bertz CT molecular complexity index is 1300. The van der Waals surface area contributed by atoms with Gasteiger partial charge in [-0.05, 0) is 56.4 Å². The summed E-state index contributed by atoms with van der Waals surface area (Å²) < 4.78 is 27.5. The highest BCUT2D eigenvalue weighted by atomic mass is 79.9. The summed E-state index contributed by atoms with van der Waals surface area (Å²) in [5.74, 6) is -0.453. The lowest BCUT2D eigenvalue weighted by molar-refractivity contribution is -0.144. The fourth-order valence-corrected chi connectivity index (χ4v) is 6.43. The molecule has 1 saturated carbocycles. The van der Waals surface area contributed by atoms with Crippen LogP contribution in [0.2, 0.25) is 0 Å². The molecule has 2 heterocycles. The van der Waals surface area contributed by atoms with Crippen LogP contribution in [0.3, 0.4) is 0 Å². The average Bonchev–Trinajstić information content (AvgIpc) is 3.44. The van der Waals surface area contributed by atoms with Crippen molar-refractivity contribution in [1.29, 1.82) is 0 Å². The number of β-amino-alcohol motifs (C(OH)–C–C–N with tert-alkyl or cyclic N) is 1. The Labute approximate surface area is 232 Å². The number of nitrogens with one attached hydrogen (secondary N) is 1. The third-order valence-corrected chi connectivity index (χ3v) is 10.3. The number of aliphatic hydroxyl groups excluding tert-OH is 1. The number of amides is 2. The summed E-state index contributed by atoms with van der Waals surface area (Å²) in [4.78, 5) is 28.7. The number of hydrogen-bond acceptors (Lipinski definition) is 7. The van der Waals surface area contributed by atoms with Crippen LogP contribution < -0.4 is 5.32 Å². The predicted molar refractivity (Wildman–Crippen MR) is 145 cm³/mol. The van der Waals surface area contributed by atoms with Crippen LogP contribution in [0.1, 0.15) is 71.5 Å². The zero-order chi connectivity index (χ0) is 28.0. The SMILES string of the molecule is CC(C)(C)[C@@H](C(=O)N1CC(O)CC1C(=O)NCC(C)(C)S(=O)(=O)c1ccc(Br)cc1)n1cc(C2CC2)nn1. The topological polar surface area (TPSA) is 134 Å². The summed E-state index contributed by atoms with van der Waals surface area (Å²) in [5.41, 5.74) is 0.318. The van der Waals surface area contributed by atoms with Gasteiger partial charge in [0.1, 0.15) is 12.1 Å². The summed E-state index contributed by atoms with van der Waals surface area (Å²) >= 11 is 3.31. The van der Waals surface area contributed by atoms with E-state index in [1.165, 1.54) is 17.0 Å². The van der Waals surface area contributed by atoms with E-state index in [1.54, 1.807) is 30.7 Å². The molecule has 4 rings (SSSR count). The van der Waals surface area contributed by atoms with E-state index in [0.717, 1.165) is 23.0 Å². The molecule has 1 aliphatic heterocycles. The Morgan fingerprint density at radius 2 is 1.79 bits per heavy atom. The van der Waals surface area contributed by atoms with Gasteiger partial charge in [-0.25, -0.2) is 13.1 Å². The molecule has 2 aromatic rings. The number of aliphatic hydroxyl groups is 1. The number of hydrogen-bond donors (Lipinski definition) is 2. The summed E-state index contributed by atoms with van der Waals surface area (Å²) in [5, 5.41) is 21.7. The van der Waals surface area contributed by atoms with E-state index in [1.807, 2.05) is 27.0 Å². The average molecular weight is 611 g/mol. The standard InChI is InChI=1S/C26H36BrN5O5S/c1-25(2,3)22(32-14-20(29-30-32)16-6-7-16)24(35)31-13-18(33)12-21(31)23(34)28-15-26(4,5)38(36,37)19-10-8-17(27)9-11-19/h8-11,14,16,18,21-22,33H,6-7,12-13,15H2,1-5H3,(H,28,34)/t18?,21?,22-/m1/s1. The largest absolute Gasteiger partial charge is 0.391 e. The maximum Gasteiger partial charge on any atom is 0.248 e. The number of halogens is 1. The third kappa shape index (κ3) is 5.81. The van der Waals surface area contributed by atoms with Crippen LogP contribution in [0.15, 0.2) is 39.8 Å². The van der Waals surface area contributed by atoms with Gasteiger partial charge in [0.2, 0.25) is 11.8 Å². The Morgan fingerprint density at radius 3 is 2.37 bits per heavy atom. The van der Waals surface area contributed by atoms with Crippen LogP contribution in [0.25, 0.3) is 0 Å². The van der Waals surface area contributed by atoms with Gasteiger partial charge in [0.15, 0.2) is 9.84 Å². The number of aromatic nitrogens is 3. The van der Waals surface area contributed by atoms with Gasteiger partial charge in [0.05, 0.1) is 21.4 Å². The second kappa shape index (κ2) is 10.3. The van der Waals surface area contributed by atoms with E-state index < -0.39 is 44.1 Å². The lowest BCUT2D eigenvalue weighted by atomic mass is 9.85. The number of sulfone groups is 1. The van der Waals surface area contributed by atoms with Crippen LogP contribution >= 0.6 is 15.9 Å². The molecule has 12 heteroatoms. The molecule has 10 nitrogen and oxygen atoms in total. The molecular formula is C26H36BrN5O5S. The molecule has 3 atom stereocenters. The van der Waals surface area contributed by atoms with Crippen molar-refractivity contribution in [3.05, 3.63) is 40.6 Å². The summed E-state index contributed by atoms with van der Waals surface area (Å²) in [6.45, 7) is 8.72. The molecule has 1 saturated heterocycles. The first-order chi connectivity index (χ1) is 17.6. The van der Waals surface area contributed by atoms with Crippen molar-refractivity contribution < 1.29 is 23.1 Å². The fraction of sp³-hybridized carbons (Fsp3) is 0.615.